The van der Waals surface area contributed by atoms with E-state index in [0.29, 0.717) is 24.5 Å². The molecular formula is C18H20FN3O. The highest BCUT2D eigenvalue weighted by atomic mass is 19.1. The minimum Gasteiger partial charge on any atom is -0.336 e. The minimum atomic E-state index is -0.263. The average molecular weight is 313 g/mol. The Morgan fingerprint density at radius 3 is 2.43 bits per heavy atom. The second-order valence-corrected chi connectivity index (χ2v) is 6.60. The van der Waals surface area contributed by atoms with Gasteiger partial charge in [-0.3, -0.25) is 9.48 Å². The van der Waals surface area contributed by atoms with Crippen LogP contribution in [0.3, 0.4) is 0 Å². The van der Waals surface area contributed by atoms with Gasteiger partial charge in [0.25, 0.3) is 0 Å². The highest BCUT2D eigenvalue weighted by Crippen LogP contribution is 2.40. The number of halogens is 1. The molecular weight excluding hydrogens is 293 g/mol. The normalized spacial score (nSPS) is 26.5. The Morgan fingerprint density at radius 2 is 1.83 bits per heavy atom. The lowest BCUT2D eigenvalue weighted by Gasteiger charge is -2.39. The third kappa shape index (κ3) is 2.76. The Balaban J connectivity index is 1.46. The second-order valence-electron chi connectivity index (χ2n) is 6.60. The van der Waals surface area contributed by atoms with E-state index in [4.69, 9.17) is 0 Å². The summed E-state index contributed by atoms with van der Waals surface area (Å²) < 4.78 is 15.0. The molecule has 0 aliphatic carbocycles. The predicted octanol–water partition coefficient (Wildman–Crippen LogP) is 2.96. The summed E-state index contributed by atoms with van der Waals surface area (Å²) in [4.78, 5) is 14.8. The highest BCUT2D eigenvalue weighted by molar-refractivity contribution is 5.80. The molecule has 2 atom stereocenters. The van der Waals surface area contributed by atoms with E-state index < -0.39 is 0 Å². The van der Waals surface area contributed by atoms with Crippen molar-refractivity contribution < 1.29 is 9.18 Å². The van der Waals surface area contributed by atoms with Crippen LogP contribution >= 0.6 is 0 Å². The summed E-state index contributed by atoms with van der Waals surface area (Å²) in [6.45, 7) is 0. The van der Waals surface area contributed by atoms with E-state index in [2.05, 4.69) is 10.00 Å². The lowest BCUT2D eigenvalue weighted by Crippen LogP contribution is -2.47. The number of nitrogens with zero attached hydrogens (tertiary/aromatic N) is 3. The van der Waals surface area contributed by atoms with Gasteiger partial charge < -0.3 is 4.90 Å². The van der Waals surface area contributed by atoms with E-state index in [0.717, 1.165) is 31.2 Å². The summed E-state index contributed by atoms with van der Waals surface area (Å²) in [7, 11) is 0. The first-order valence-electron chi connectivity index (χ1n) is 8.25. The van der Waals surface area contributed by atoms with Crippen LogP contribution in [0.15, 0.2) is 42.7 Å². The summed E-state index contributed by atoms with van der Waals surface area (Å²) in [5, 5.41) is 4.36. The fourth-order valence-electron chi connectivity index (χ4n) is 4.14. The number of piperidine rings is 1. The molecule has 0 N–H and O–H groups in total. The van der Waals surface area contributed by atoms with Crippen molar-refractivity contribution in [2.45, 2.75) is 50.2 Å². The number of carbonyl (C=O) groups is 1. The molecule has 2 aromatic rings. The van der Waals surface area contributed by atoms with Crippen molar-refractivity contribution in [2.24, 2.45) is 0 Å². The van der Waals surface area contributed by atoms with Crippen LogP contribution in [0.2, 0.25) is 0 Å². The molecule has 5 heteroatoms. The second kappa shape index (κ2) is 5.80. The van der Waals surface area contributed by atoms with Crippen LogP contribution in [0.5, 0.6) is 0 Å². The van der Waals surface area contributed by atoms with E-state index in [1.807, 2.05) is 23.1 Å². The fraction of sp³-hybridized carbons (Fsp3) is 0.444. The van der Waals surface area contributed by atoms with Gasteiger partial charge in [0, 0.05) is 24.5 Å². The number of benzene rings is 1. The molecule has 2 fully saturated rings. The quantitative estimate of drug-likeness (QED) is 0.874. The van der Waals surface area contributed by atoms with Crippen molar-refractivity contribution in [3.05, 3.63) is 54.1 Å². The van der Waals surface area contributed by atoms with Crippen molar-refractivity contribution >= 4 is 5.91 Å². The van der Waals surface area contributed by atoms with Gasteiger partial charge in [0.15, 0.2) is 0 Å². The minimum absolute atomic E-state index is 0.169. The van der Waals surface area contributed by atoms with Gasteiger partial charge in [-0.25, -0.2) is 4.39 Å². The zero-order chi connectivity index (χ0) is 15.8. The highest BCUT2D eigenvalue weighted by Gasteiger charge is 2.43. The van der Waals surface area contributed by atoms with E-state index in [1.54, 1.807) is 12.1 Å². The molecule has 2 aliphatic rings. The molecule has 0 saturated carbocycles. The predicted molar refractivity (Wildman–Crippen MR) is 84.3 cm³/mol. The van der Waals surface area contributed by atoms with Crippen LogP contribution in [0, 0.1) is 5.82 Å². The summed E-state index contributed by atoms with van der Waals surface area (Å²) in [6, 6.07) is 9.22. The molecule has 2 bridgehead atoms. The number of hydrogen-bond donors (Lipinski definition) is 0. The molecule has 1 aromatic heterocycles. The monoisotopic (exact) mass is 313 g/mol. The lowest BCUT2D eigenvalue weighted by atomic mass is 9.96. The molecule has 2 saturated heterocycles. The van der Waals surface area contributed by atoms with Crippen molar-refractivity contribution in [3.63, 3.8) is 0 Å². The first-order valence-corrected chi connectivity index (χ1v) is 8.25. The Labute approximate surface area is 134 Å². The molecule has 3 heterocycles. The molecule has 2 unspecified atom stereocenters. The van der Waals surface area contributed by atoms with Gasteiger partial charge in [0.2, 0.25) is 5.91 Å². The number of aromatic nitrogens is 2. The SMILES string of the molecule is O=C(Cc1ccc(F)cc1)N1C2CCC1CC(n1cccn1)C2. The van der Waals surface area contributed by atoms with Crippen LogP contribution in [0.1, 0.15) is 37.3 Å². The summed E-state index contributed by atoms with van der Waals surface area (Å²) in [5.74, 6) is -0.0932. The Morgan fingerprint density at radius 1 is 1.13 bits per heavy atom. The molecule has 0 radical (unpaired) electrons. The van der Waals surface area contributed by atoms with Gasteiger partial charge in [-0.15, -0.1) is 0 Å². The van der Waals surface area contributed by atoms with Crippen molar-refractivity contribution in [2.75, 3.05) is 0 Å². The van der Waals surface area contributed by atoms with Crippen molar-refractivity contribution in [1.82, 2.24) is 14.7 Å². The van der Waals surface area contributed by atoms with Crippen LogP contribution in [-0.2, 0) is 11.2 Å². The maximum absolute atomic E-state index is 13.0. The summed E-state index contributed by atoms with van der Waals surface area (Å²) in [6.07, 6.45) is 8.31. The maximum Gasteiger partial charge on any atom is 0.227 e. The number of fused-ring (bicyclic) bond motifs is 2. The number of hydrogen-bond acceptors (Lipinski definition) is 2. The van der Waals surface area contributed by atoms with E-state index in [1.165, 1.54) is 12.1 Å². The van der Waals surface area contributed by atoms with Gasteiger partial charge in [-0.2, -0.15) is 5.10 Å². The molecule has 4 nitrogen and oxygen atoms in total. The molecule has 1 amide bonds. The summed E-state index contributed by atoms with van der Waals surface area (Å²) in [5.41, 5.74) is 0.880. The third-order valence-electron chi connectivity index (χ3n) is 5.16. The Bertz CT molecular complexity index is 669. The topological polar surface area (TPSA) is 38.1 Å². The van der Waals surface area contributed by atoms with Gasteiger partial charge in [-0.1, -0.05) is 12.1 Å². The standard InChI is InChI=1S/C18H20FN3O/c19-14-4-2-13(3-5-14)10-18(23)22-15-6-7-16(22)12-17(11-15)21-9-1-8-20-21/h1-5,8-9,15-17H,6-7,10-12H2. The largest absolute Gasteiger partial charge is 0.336 e. The van der Waals surface area contributed by atoms with Gasteiger partial charge >= 0.3 is 0 Å². The molecule has 0 spiro atoms. The van der Waals surface area contributed by atoms with E-state index >= 15 is 0 Å². The lowest BCUT2D eigenvalue weighted by molar-refractivity contribution is -0.135. The van der Waals surface area contributed by atoms with E-state index in [-0.39, 0.29) is 11.7 Å². The van der Waals surface area contributed by atoms with Crippen LogP contribution < -0.4 is 0 Å². The zero-order valence-corrected chi connectivity index (χ0v) is 12.9. The van der Waals surface area contributed by atoms with Gasteiger partial charge in [-0.05, 0) is 49.4 Å². The molecule has 120 valence electrons. The van der Waals surface area contributed by atoms with Gasteiger partial charge in [0.05, 0.1) is 12.5 Å². The Kier molecular flexibility index (Phi) is 3.63. The van der Waals surface area contributed by atoms with Crippen LogP contribution in [0.4, 0.5) is 4.39 Å². The van der Waals surface area contributed by atoms with E-state index in [9.17, 15) is 9.18 Å². The van der Waals surface area contributed by atoms with Crippen LogP contribution in [0.25, 0.3) is 0 Å². The van der Waals surface area contributed by atoms with Gasteiger partial charge in [0.1, 0.15) is 5.82 Å². The third-order valence-corrected chi connectivity index (χ3v) is 5.16. The molecule has 2 aliphatic heterocycles. The molecule has 23 heavy (non-hydrogen) atoms. The zero-order valence-electron chi connectivity index (χ0n) is 12.9. The first kappa shape index (κ1) is 14.4. The van der Waals surface area contributed by atoms with Crippen molar-refractivity contribution in [1.29, 1.82) is 0 Å². The maximum atomic E-state index is 13.0. The summed E-state index contributed by atoms with van der Waals surface area (Å²) >= 11 is 0. The number of amides is 1. The van der Waals surface area contributed by atoms with Crippen molar-refractivity contribution in [3.8, 4) is 0 Å². The average Bonchev–Trinajstić information content (AvgIpc) is 3.16. The molecule has 4 rings (SSSR count). The molecule has 1 aromatic carbocycles. The number of rotatable bonds is 3. The smallest absolute Gasteiger partial charge is 0.227 e. The fourth-order valence-corrected chi connectivity index (χ4v) is 4.14. The number of carbonyl (C=O) groups excluding carboxylic acids is 1. The first-order chi connectivity index (χ1) is 11.2. The Hall–Kier alpha value is -2.17. The van der Waals surface area contributed by atoms with Crippen LogP contribution in [-0.4, -0.2) is 32.7 Å².